The molecule has 2 N–H and O–H groups in total. The van der Waals surface area contributed by atoms with Gasteiger partial charge in [0.1, 0.15) is 5.75 Å². The van der Waals surface area contributed by atoms with Crippen LogP contribution in [-0.2, 0) is 4.79 Å². The molecule has 0 heterocycles. The van der Waals surface area contributed by atoms with Gasteiger partial charge < -0.3 is 15.4 Å². The predicted molar refractivity (Wildman–Crippen MR) is 69.8 cm³/mol. The first-order valence-electron chi connectivity index (χ1n) is 5.94. The van der Waals surface area contributed by atoms with Crippen LogP contribution in [0.2, 0.25) is 0 Å². The van der Waals surface area contributed by atoms with Crippen LogP contribution in [0.15, 0.2) is 24.3 Å². The zero-order chi connectivity index (χ0) is 15.4. The van der Waals surface area contributed by atoms with Gasteiger partial charge in [-0.1, -0.05) is 12.1 Å². The Balaban J connectivity index is 2.83. The summed E-state index contributed by atoms with van der Waals surface area (Å²) in [5, 5.41) is 5.35. The zero-order valence-electron chi connectivity index (χ0n) is 11.5. The molecule has 1 amide bonds. The third kappa shape index (κ3) is 4.73. The number of para-hydroxylation sites is 2. The number of benzene rings is 1. The molecule has 0 aliphatic heterocycles. The minimum atomic E-state index is -4.43. The molecular weight excluding hydrogens is 273 g/mol. The summed E-state index contributed by atoms with van der Waals surface area (Å²) in [5.41, 5.74) is -0.651. The summed E-state index contributed by atoms with van der Waals surface area (Å²) in [6.07, 6.45) is -4.43. The number of likely N-dealkylation sites (N-methyl/N-ethyl adjacent to an activating group) is 1. The van der Waals surface area contributed by atoms with Crippen LogP contribution in [-0.4, -0.2) is 31.3 Å². The minimum absolute atomic E-state index is 0.0231. The molecule has 0 saturated heterocycles. The summed E-state index contributed by atoms with van der Waals surface area (Å²) in [7, 11) is 1.62. The number of rotatable bonds is 5. The second kappa shape index (κ2) is 6.13. The zero-order valence-corrected chi connectivity index (χ0v) is 11.5. The lowest BCUT2D eigenvalue weighted by Crippen LogP contribution is -2.47. The van der Waals surface area contributed by atoms with Gasteiger partial charge in [0.05, 0.1) is 11.2 Å². The summed E-state index contributed by atoms with van der Waals surface area (Å²) >= 11 is 0. The fraction of sp³-hybridized carbons (Fsp3) is 0.462. The third-order valence-electron chi connectivity index (χ3n) is 2.72. The van der Waals surface area contributed by atoms with Crippen molar-refractivity contribution in [2.45, 2.75) is 25.6 Å². The molecule has 0 fully saturated rings. The highest BCUT2D eigenvalue weighted by Gasteiger charge is 2.29. The first-order valence-corrected chi connectivity index (χ1v) is 5.94. The second-order valence-corrected chi connectivity index (χ2v) is 4.73. The number of alkyl halides is 3. The molecule has 112 valence electrons. The number of hydrogen-bond donors (Lipinski definition) is 2. The fourth-order valence-corrected chi connectivity index (χ4v) is 1.25. The molecule has 1 aromatic rings. The molecule has 4 nitrogen and oxygen atoms in total. The molecule has 0 radical (unpaired) electrons. The van der Waals surface area contributed by atoms with E-state index in [4.69, 9.17) is 0 Å². The van der Waals surface area contributed by atoms with Crippen LogP contribution < -0.4 is 15.4 Å². The van der Waals surface area contributed by atoms with Crippen molar-refractivity contribution in [1.82, 2.24) is 5.32 Å². The third-order valence-corrected chi connectivity index (χ3v) is 2.72. The largest absolute Gasteiger partial charge is 0.482 e. The van der Waals surface area contributed by atoms with E-state index in [1.165, 1.54) is 18.2 Å². The lowest BCUT2D eigenvalue weighted by molar-refractivity contribution is -0.153. The average Bonchev–Trinajstić information content (AvgIpc) is 2.36. The molecule has 0 aliphatic rings. The van der Waals surface area contributed by atoms with E-state index in [1.54, 1.807) is 27.0 Å². The predicted octanol–water partition coefficient (Wildman–Crippen LogP) is 2.56. The fourth-order valence-electron chi connectivity index (χ4n) is 1.25. The van der Waals surface area contributed by atoms with E-state index >= 15 is 0 Å². The molecular formula is C13H17F3N2O2. The van der Waals surface area contributed by atoms with Gasteiger partial charge in [0.2, 0.25) is 5.91 Å². The molecule has 20 heavy (non-hydrogen) atoms. The molecule has 0 bridgehead atoms. The van der Waals surface area contributed by atoms with Gasteiger partial charge >= 0.3 is 6.18 Å². The number of hydrogen-bond acceptors (Lipinski definition) is 3. The van der Waals surface area contributed by atoms with Crippen LogP contribution >= 0.6 is 0 Å². The van der Waals surface area contributed by atoms with Crippen molar-refractivity contribution in [2.75, 3.05) is 19.0 Å². The lowest BCUT2D eigenvalue weighted by atomic mass is 10.1. The van der Waals surface area contributed by atoms with E-state index in [2.05, 4.69) is 15.4 Å². The summed E-state index contributed by atoms with van der Waals surface area (Å²) in [4.78, 5) is 12.0. The van der Waals surface area contributed by atoms with Crippen molar-refractivity contribution >= 4 is 11.6 Å². The molecule has 0 atom stereocenters. The van der Waals surface area contributed by atoms with Crippen molar-refractivity contribution in [3.8, 4) is 5.75 Å². The maximum Gasteiger partial charge on any atom is 0.422 e. The topological polar surface area (TPSA) is 50.4 Å². The summed E-state index contributed by atoms with van der Waals surface area (Å²) in [5.74, 6) is -0.395. The van der Waals surface area contributed by atoms with Crippen molar-refractivity contribution in [3.63, 3.8) is 0 Å². The molecule has 0 saturated carbocycles. The summed E-state index contributed by atoms with van der Waals surface area (Å²) in [6, 6.07) is 5.98. The van der Waals surface area contributed by atoms with Gasteiger partial charge in [-0.15, -0.1) is 0 Å². The Morgan fingerprint density at radius 2 is 1.85 bits per heavy atom. The molecule has 1 rings (SSSR count). The van der Waals surface area contributed by atoms with Crippen molar-refractivity contribution in [1.29, 1.82) is 0 Å². The Kier molecular flexibility index (Phi) is 4.99. The monoisotopic (exact) mass is 290 g/mol. The number of carbonyl (C=O) groups is 1. The molecule has 7 heteroatoms. The van der Waals surface area contributed by atoms with Gasteiger partial charge in [-0.2, -0.15) is 13.2 Å². The molecule has 0 aromatic heterocycles. The van der Waals surface area contributed by atoms with Crippen molar-refractivity contribution in [3.05, 3.63) is 24.3 Å². The quantitative estimate of drug-likeness (QED) is 0.876. The van der Waals surface area contributed by atoms with Crippen LogP contribution in [0.5, 0.6) is 5.75 Å². The molecule has 0 spiro atoms. The van der Waals surface area contributed by atoms with Crippen LogP contribution in [0.4, 0.5) is 18.9 Å². The average molecular weight is 290 g/mol. The van der Waals surface area contributed by atoms with Gasteiger partial charge in [-0.25, -0.2) is 0 Å². The number of carbonyl (C=O) groups excluding carboxylic acids is 1. The normalized spacial score (nSPS) is 12.1. The van der Waals surface area contributed by atoms with E-state index < -0.39 is 18.3 Å². The highest BCUT2D eigenvalue weighted by atomic mass is 19.4. The highest BCUT2D eigenvalue weighted by molar-refractivity contribution is 5.98. The highest BCUT2D eigenvalue weighted by Crippen LogP contribution is 2.26. The standard InChI is InChI=1S/C13H17F3N2O2/c1-12(2,17-3)11(19)18-9-6-4-5-7-10(9)20-8-13(14,15)16/h4-7,17H,8H2,1-3H3,(H,18,19). The first-order chi connectivity index (χ1) is 9.15. The summed E-state index contributed by atoms with van der Waals surface area (Å²) < 4.78 is 41.2. The molecule has 0 aliphatic carbocycles. The maximum absolute atomic E-state index is 12.2. The second-order valence-electron chi connectivity index (χ2n) is 4.73. The van der Waals surface area contributed by atoms with Crippen LogP contribution in [0.3, 0.4) is 0 Å². The van der Waals surface area contributed by atoms with E-state index in [0.29, 0.717) is 0 Å². The Hall–Kier alpha value is -1.76. The van der Waals surface area contributed by atoms with E-state index in [9.17, 15) is 18.0 Å². The Morgan fingerprint density at radius 1 is 1.25 bits per heavy atom. The Morgan fingerprint density at radius 3 is 2.40 bits per heavy atom. The van der Waals surface area contributed by atoms with Crippen LogP contribution in [0.25, 0.3) is 0 Å². The van der Waals surface area contributed by atoms with E-state index in [1.807, 2.05) is 0 Å². The number of nitrogens with one attached hydrogen (secondary N) is 2. The molecule has 0 unspecified atom stereocenters. The van der Waals surface area contributed by atoms with Gasteiger partial charge in [0.25, 0.3) is 0 Å². The van der Waals surface area contributed by atoms with Crippen molar-refractivity contribution < 1.29 is 22.7 Å². The lowest BCUT2D eigenvalue weighted by Gasteiger charge is -2.23. The van der Waals surface area contributed by atoms with E-state index in [0.717, 1.165) is 0 Å². The number of ether oxygens (including phenoxy) is 1. The SMILES string of the molecule is CNC(C)(C)C(=O)Nc1ccccc1OCC(F)(F)F. The Bertz CT molecular complexity index is 473. The first kappa shape index (κ1) is 16.3. The number of amides is 1. The summed E-state index contributed by atoms with van der Waals surface area (Å²) in [6.45, 7) is 1.90. The van der Waals surface area contributed by atoms with E-state index in [-0.39, 0.29) is 17.3 Å². The van der Waals surface area contributed by atoms with Crippen LogP contribution in [0, 0.1) is 0 Å². The van der Waals surface area contributed by atoms with Crippen LogP contribution in [0.1, 0.15) is 13.8 Å². The minimum Gasteiger partial charge on any atom is -0.482 e. The Labute approximate surface area is 115 Å². The smallest absolute Gasteiger partial charge is 0.422 e. The van der Waals surface area contributed by atoms with Gasteiger partial charge in [-0.3, -0.25) is 4.79 Å². The van der Waals surface area contributed by atoms with Crippen molar-refractivity contribution in [2.24, 2.45) is 0 Å². The maximum atomic E-state index is 12.2. The number of anilines is 1. The van der Waals surface area contributed by atoms with Gasteiger partial charge in [-0.05, 0) is 33.0 Å². The number of halogens is 3. The van der Waals surface area contributed by atoms with Gasteiger partial charge in [0.15, 0.2) is 6.61 Å². The molecule has 1 aromatic carbocycles. The van der Waals surface area contributed by atoms with Gasteiger partial charge in [0, 0.05) is 0 Å².